The highest BCUT2D eigenvalue weighted by molar-refractivity contribution is 6.42. The van der Waals surface area contributed by atoms with E-state index < -0.39 is 5.41 Å². The molecule has 6 rings (SSSR count). The number of aromatic nitrogens is 1. The number of azo groups is 1. The van der Waals surface area contributed by atoms with Crippen LogP contribution in [0.1, 0.15) is 23.1 Å². The summed E-state index contributed by atoms with van der Waals surface area (Å²) in [5.41, 5.74) is 3.64. The third-order valence-corrected chi connectivity index (χ3v) is 8.07. The first kappa shape index (κ1) is 24.4. The number of rotatable bonds is 6. The van der Waals surface area contributed by atoms with E-state index in [-0.39, 0.29) is 23.4 Å². The van der Waals surface area contributed by atoms with Gasteiger partial charge in [-0.1, -0.05) is 108 Å². The van der Waals surface area contributed by atoms with E-state index in [1.807, 2.05) is 66.7 Å². The summed E-state index contributed by atoms with van der Waals surface area (Å²) < 4.78 is 1.73. The van der Waals surface area contributed by atoms with Crippen LogP contribution in [0.15, 0.2) is 113 Å². The largest absolute Gasteiger partial charge is 0.493 e. The molecule has 0 spiro atoms. The number of hydrogen-bond donors (Lipinski definition) is 1. The highest BCUT2D eigenvalue weighted by Gasteiger charge is 2.60. The number of nitrogens with zero attached hydrogens (tertiary/aromatic N) is 3. The van der Waals surface area contributed by atoms with E-state index in [4.69, 9.17) is 23.2 Å². The molecule has 0 radical (unpaired) electrons. The van der Waals surface area contributed by atoms with Gasteiger partial charge < -0.3 is 9.67 Å². The summed E-state index contributed by atoms with van der Waals surface area (Å²) in [5.74, 6) is -0.705. The van der Waals surface area contributed by atoms with Gasteiger partial charge in [0.1, 0.15) is 0 Å². The quantitative estimate of drug-likeness (QED) is 0.220. The zero-order valence-corrected chi connectivity index (χ0v) is 21.8. The van der Waals surface area contributed by atoms with Crippen LogP contribution >= 0.6 is 23.2 Å². The third kappa shape index (κ3) is 4.18. The van der Waals surface area contributed by atoms with Crippen LogP contribution in [0.3, 0.4) is 0 Å². The molecule has 1 aliphatic rings. The van der Waals surface area contributed by atoms with E-state index in [1.54, 1.807) is 16.7 Å². The number of amides is 1. The predicted octanol–water partition coefficient (Wildman–Crippen LogP) is 8.32. The number of aromatic hydroxyl groups is 1. The van der Waals surface area contributed by atoms with Gasteiger partial charge in [-0.15, -0.1) is 10.2 Å². The Morgan fingerprint density at radius 3 is 2.16 bits per heavy atom. The number of carbonyl (C=O) groups is 1. The molecule has 188 valence electrons. The molecule has 1 saturated carbocycles. The van der Waals surface area contributed by atoms with Crippen LogP contribution in [0.5, 0.6) is 5.88 Å². The zero-order valence-electron chi connectivity index (χ0n) is 20.3. The molecule has 7 heteroatoms. The minimum atomic E-state index is -0.428. The minimum Gasteiger partial charge on any atom is -0.493 e. The van der Waals surface area contributed by atoms with Crippen molar-refractivity contribution in [3.8, 4) is 5.88 Å². The van der Waals surface area contributed by atoms with Gasteiger partial charge in [0.2, 0.25) is 5.88 Å². The summed E-state index contributed by atoms with van der Waals surface area (Å²) in [5, 5.41) is 21.2. The van der Waals surface area contributed by atoms with Gasteiger partial charge in [0.15, 0.2) is 5.69 Å². The maximum atomic E-state index is 13.4. The van der Waals surface area contributed by atoms with Crippen LogP contribution in [0.2, 0.25) is 10.0 Å². The normalized spacial score (nSPS) is 16.2. The van der Waals surface area contributed by atoms with Gasteiger partial charge in [-0.3, -0.25) is 4.79 Å². The number of fused-ring (bicyclic) bond motifs is 1. The molecule has 5 nitrogen and oxygen atoms in total. The lowest BCUT2D eigenvalue weighted by Crippen LogP contribution is -2.16. The van der Waals surface area contributed by atoms with E-state index in [1.165, 1.54) is 0 Å². The van der Waals surface area contributed by atoms with Gasteiger partial charge in [-0.05, 0) is 41.3 Å². The molecule has 1 amide bonds. The molecule has 0 aliphatic heterocycles. The smallest absolute Gasteiger partial charge is 0.269 e. The fourth-order valence-electron chi connectivity index (χ4n) is 5.36. The van der Waals surface area contributed by atoms with Crippen LogP contribution in [0.4, 0.5) is 5.69 Å². The van der Waals surface area contributed by atoms with Gasteiger partial charge >= 0.3 is 0 Å². The number of halogens is 2. The molecule has 1 heterocycles. The molecule has 5 aromatic rings. The van der Waals surface area contributed by atoms with Crippen LogP contribution in [0.25, 0.3) is 10.9 Å². The SMILES string of the molecule is O=C(N=Nc1c(O)n(Cc2ccc(Cl)c(Cl)c2)c2ccccc12)[C@@H]1CC1(c1ccccc1)c1ccccc1. The molecular formula is C31H23Cl2N3O2. The highest BCUT2D eigenvalue weighted by atomic mass is 35.5. The Morgan fingerprint density at radius 2 is 1.50 bits per heavy atom. The molecule has 4 aromatic carbocycles. The molecule has 1 fully saturated rings. The summed E-state index contributed by atoms with van der Waals surface area (Å²) in [7, 11) is 0. The molecule has 0 saturated heterocycles. The number of hydrogen-bond acceptors (Lipinski definition) is 3. The Labute approximate surface area is 230 Å². The molecule has 1 aliphatic carbocycles. The Bertz CT molecular complexity index is 1640. The minimum absolute atomic E-state index is 0.0676. The topological polar surface area (TPSA) is 66.9 Å². The van der Waals surface area contributed by atoms with Crippen molar-refractivity contribution in [1.29, 1.82) is 0 Å². The first-order valence-electron chi connectivity index (χ1n) is 12.3. The number of benzene rings is 4. The summed E-state index contributed by atoms with van der Waals surface area (Å²) >= 11 is 12.3. The van der Waals surface area contributed by atoms with E-state index in [0.717, 1.165) is 22.2 Å². The van der Waals surface area contributed by atoms with E-state index in [9.17, 15) is 9.90 Å². The van der Waals surface area contributed by atoms with E-state index >= 15 is 0 Å². The van der Waals surface area contributed by atoms with Crippen molar-refractivity contribution < 1.29 is 9.90 Å². The van der Waals surface area contributed by atoms with Gasteiger partial charge in [0, 0.05) is 10.8 Å². The van der Waals surface area contributed by atoms with Crippen LogP contribution in [-0.2, 0) is 16.8 Å². The lowest BCUT2D eigenvalue weighted by Gasteiger charge is -2.17. The van der Waals surface area contributed by atoms with Crippen molar-refractivity contribution in [2.75, 3.05) is 0 Å². The molecule has 1 aromatic heterocycles. The average molecular weight is 540 g/mol. The first-order chi connectivity index (χ1) is 18.5. The lowest BCUT2D eigenvalue weighted by atomic mass is 9.85. The fourth-order valence-corrected chi connectivity index (χ4v) is 5.68. The molecule has 0 unspecified atom stereocenters. The predicted molar refractivity (Wildman–Crippen MR) is 150 cm³/mol. The second kappa shape index (κ2) is 9.75. The average Bonchev–Trinajstić information content (AvgIpc) is 3.66. The number of para-hydroxylation sites is 1. The van der Waals surface area contributed by atoms with E-state index in [0.29, 0.717) is 28.4 Å². The monoisotopic (exact) mass is 539 g/mol. The maximum absolute atomic E-state index is 13.4. The maximum Gasteiger partial charge on any atom is 0.269 e. The molecule has 1 N–H and O–H groups in total. The van der Waals surface area contributed by atoms with Crippen molar-refractivity contribution >= 4 is 45.7 Å². The van der Waals surface area contributed by atoms with Gasteiger partial charge in [-0.2, -0.15) is 0 Å². The highest BCUT2D eigenvalue weighted by Crippen LogP contribution is 2.59. The lowest BCUT2D eigenvalue weighted by molar-refractivity contribution is -0.119. The van der Waals surface area contributed by atoms with Crippen LogP contribution < -0.4 is 0 Å². The number of carbonyl (C=O) groups excluding carboxylic acids is 1. The van der Waals surface area contributed by atoms with Crippen molar-refractivity contribution in [1.82, 2.24) is 4.57 Å². The third-order valence-electron chi connectivity index (χ3n) is 7.33. The van der Waals surface area contributed by atoms with Crippen molar-refractivity contribution in [3.05, 3.63) is 130 Å². The van der Waals surface area contributed by atoms with Crippen LogP contribution in [0, 0.1) is 5.92 Å². The molecular weight excluding hydrogens is 517 g/mol. The summed E-state index contributed by atoms with van der Waals surface area (Å²) in [6.45, 7) is 0.348. The summed E-state index contributed by atoms with van der Waals surface area (Å²) in [6.07, 6.45) is 0.657. The fraction of sp³-hybridized carbons (Fsp3) is 0.129. The molecule has 1 atom stereocenters. The van der Waals surface area contributed by atoms with Gasteiger partial charge in [0.05, 0.1) is 28.0 Å². The van der Waals surface area contributed by atoms with Crippen molar-refractivity contribution in [2.45, 2.75) is 18.4 Å². The van der Waals surface area contributed by atoms with Crippen molar-refractivity contribution in [3.63, 3.8) is 0 Å². The van der Waals surface area contributed by atoms with Gasteiger partial charge in [0.25, 0.3) is 5.91 Å². The van der Waals surface area contributed by atoms with Crippen LogP contribution in [-0.4, -0.2) is 15.6 Å². The van der Waals surface area contributed by atoms with E-state index in [2.05, 4.69) is 34.5 Å². The van der Waals surface area contributed by atoms with Gasteiger partial charge in [-0.25, -0.2) is 0 Å². The Balaban J connectivity index is 1.33. The standard InChI is InChI=1S/C31H23Cl2N3O2/c32-25-16-15-20(17-26(25)33)19-36-27-14-8-7-13-23(27)28(30(36)38)34-35-29(37)24-18-31(24,21-9-3-1-4-10-21)22-11-5-2-6-12-22/h1-17,24,38H,18-19H2/t24-/m0/s1. The molecule has 0 bridgehead atoms. The second-order valence-corrected chi connectivity index (χ2v) is 10.3. The Morgan fingerprint density at radius 1 is 0.868 bits per heavy atom. The Hall–Kier alpha value is -3.93. The Kier molecular flexibility index (Phi) is 6.26. The zero-order chi connectivity index (χ0) is 26.3. The summed E-state index contributed by atoms with van der Waals surface area (Å²) in [4.78, 5) is 13.4. The molecule has 38 heavy (non-hydrogen) atoms. The first-order valence-corrected chi connectivity index (χ1v) is 13.1. The summed E-state index contributed by atoms with van der Waals surface area (Å²) in [6, 6.07) is 33.0. The van der Waals surface area contributed by atoms with Crippen molar-refractivity contribution in [2.24, 2.45) is 16.1 Å². The second-order valence-electron chi connectivity index (χ2n) is 9.52.